The molecular weight excluding hydrogens is 332 g/mol. The molecule has 21 heavy (non-hydrogen) atoms. The molecule has 1 aliphatic rings. The van der Waals surface area contributed by atoms with Crippen LogP contribution in [-0.4, -0.2) is 22.9 Å². The van der Waals surface area contributed by atoms with Crippen molar-refractivity contribution >= 4 is 21.6 Å². The normalized spacial score (nSPS) is 18.6. The lowest BCUT2D eigenvalue weighted by Gasteiger charge is -2.41. The van der Waals surface area contributed by atoms with Gasteiger partial charge >= 0.3 is 0 Å². The van der Waals surface area contributed by atoms with Crippen LogP contribution in [0.15, 0.2) is 22.7 Å². The maximum Gasteiger partial charge on any atom is 0.283 e. The number of likely N-dealkylation sites (tertiary alicyclic amines) is 1. The number of halogens is 1. The Balaban J connectivity index is 2.01. The quantitative estimate of drug-likeness (QED) is 0.565. The molecule has 0 radical (unpaired) electrons. The summed E-state index contributed by atoms with van der Waals surface area (Å²) in [4.78, 5) is 13.1. The number of nitrogens with zero attached hydrogens (tertiary/aromatic N) is 2. The first-order chi connectivity index (χ1) is 9.99. The minimum atomic E-state index is -0.330. The Labute approximate surface area is 134 Å². The van der Waals surface area contributed by atoms with E-state index in [1.54, 1.807) is 12.1 Å². The third-order valence-electron chi connectivity index (χ3n) is 5.03. The van der Waals surface area contributed by atoms with Gasteiger partial charge in [0.2, 0.25) is 0 Å². The largest absolute Gasteiger partial charge is 0.299 e. The second-order valence-electron chi connectivity index (χ2n) is 6.03. The van der Waals surface area contributed by atoms with Gasteiger partial charge in [0.1, 0.15) is 0 Å². The van der Waals surface area contributed by atoms with E-state index in [0.29, 0.717) is 9.89 Å². The maximum atomic E-state index is 11.0. The van der Waals surface area contributed by atoms with E-state index in [1.807, 2.05) is 6.07 Å². The van der Waals surface area contributed by atoms with Gasteiger partial charge in [-0.2, -0.15) is 0 Å². The maximum absolute atomic E-state index is 11.0. The molecule has 0 N–H and O–H groups in total. The first kappa shape index (κ1) is 16.4. The summed E-state index contributed by atoms with van der Waals surface area (Å²) in [5.41, 5.74) is 1.69. The van der Waals surface area contributed by atoms with Crippen molar-refractivity contribution in [1.29, 1.82) is 0 Å². The fourth-order valence-corrected chi connectivity index (χ4v) is 3.59. The summed E-state index contributed by atoms with van der Waals surface area (Å²) in [7, 11) is 0. The second-order valence-corrected chi connectivity index (χ2v) is 6.88. The Morgan fingerprint density at radius 3 is 2.43 bits per heavy atom. The molecule has 116 valence electrons. The third kappa shape index (κ3) is 3.83. The minimum absolute atomic E-state index is 0.154. The summed E-state index contributed by atoms with van der Waals surface area (Å²) in [5, 5.41) is 11.0. The molecule has 0 bridgehead atoms. The molecule has 1 fully saturated rings. The van der Waals surface area contributed by atoms with E-state index in [9.17, 15) is 10.1 Å². The van der Waals surface area contributed by atoms with Gasteiger partial charge < -0.3 is 0 Å². The first-order valence-corrected chi connectivity index (χ1v) is 8.44. The number of rotatable bonds is 5. The van der Waals surface area contributed by atoms with E-state index in [4.69, 9.17) is 0 Å². The van der Waals surface area contributed by atoms with Crippen molar-refractivity contribution < 1.29 is 4.92 Å². The average molecular weight is 355 g/mol. The lowest BCUT2D eigenvalue weighted by molar-refractivity contribution is -0.385. The fraction of sp³-hybridized carbons (Fsp3) is 0.625. The molecule has 1 heterocycles. The molecule has 0 spiro atoms. The van der Waals surface area contributed by atoms with Gasteiger partial charge in [0.05, 0.1) is 9.40 Å². The molecule has 1 aromatic carbocycles. The standard InChI is InChI=1S/C16H23BrN2O2/c1-3-16(4-2)7-9-18(10-8-16)12-13-5-6-14(17)15(11-13)19(20)21/h5-6,11H,3-4,7-10,12H2,1-2H3. The van der Waals surface area contributed by atoms with Gasteiger partial charge in [0.25, 0.3) is 5.69 Å². The minimum Gasteiger partial charge on any atom is -0.299 e. The Morgan fingerprint density at radius 1 is 1.29 bits per heavy atom. The highest BCUT2D eigenvalue weighted by atomic mass is 79.9. The number of nitro benzene ring substituents is 1. The van der Waals surface area contributed by atoms with Gasteiger partial charge in [-0.05, 0) is 58.9 Å². The zero-order chi connectivity index (χ0) is 15.5. The first-order valence-electron chi connectivity index (χ1n) is 7.65. The van der Waals surface area contributed by atoms with Crippen molar-refractivity contribution in [3.05, 3.63) is 38.3 Å². The number of nitro groups is 1. The van der Waals surface area contributed by atoms with Crippen molar-refractivity contribution in [1.82, 2.24) is 4.90 Å². The molecule has 2 rings (SSSR count). The van der Waals surface area contributed by atoms with Crippen LogP contribution in [0.2, 0.25) is 0 Å². The number of piperidine rings is 1. The van der Waals surface area contributed by atoms with Gasteiger partial charge in [0, 0.05) is 12.6 Å². The highest BCUT2D eigenvalue weighted by Gasteiger charge is 2.31. The van der Waals surface area contributed by atoms with Gasteiger partial charge in [-0.15, -0.1) is 0 Å². The summed E-state index contributed by atoms with van der Waals surface area (Å²) in [6, 6.07) is 5.43. The lowest BCUT2D eigenvalue weighted by atomic mass is 9.74. The van der Waals surface area contributed by atoms with Gasteiger partial charge in [-0.1, -0.05) is 32.8 Å². The van der Waals surface area contributed by atoms with Gasteiger partial charge in [0.15, 0.2) is 0 Å². The molecule has 0 aliphatic carbocycles. The van der Waals surface area contributed by atoms with Crippen LogP contribution < -0.4 is 0 Å². The van der Waals surface area contributed by atoms with Gasteiger partial charge in [-0.3, -0.25) is 15.0 Å². The smallest absolute Gasteiger partial charge is 0.283 e. The number of hydrogen-bond donors (Lipinski definition) is 0. The lowest BCUT2D eigenvalue weighted by Crippen LogP contribution is -2.39. The highest BCUT2D eigenvalue weighted by Crippen LogP contribution is 2.38. The van der Waals surface area contributed by atoms with Gasteiger partial charge in [-0.25, -0.2) is 0 Å². The Morgan fingerprint density at radius 2 is 1.90 bits per heavy atom. The average Bonchev–Trinajstić information content (AvgIpc) is 2.50. The SMILES string of the molecule is CCC1(CC)CCN(Cc2ccc(Br)c([N+](=O)[O-])c2)CC1. The molecule has 4 nitrogen and oxygen atoms in total. The van der Waals surface area contributed by atoms with Crippen LogP contribution in [0.25, 0.3) is 0 Å². The number of hydrogen-bond acceptors (Lipinski definition) is 3. The summed E-state index contributed by atoms with van der Waals surface area (Å²) in [5.74, 6) is 0. The summed E-state index contributed by atoms with van der Waals surface area (Å²) in [6.45, 7) is 7.56. The molecular formula is C16H23BrN2O2. The van der Waals surface area contributed by atoms with E-state index in [-0.39, 0.29) is 10.6 Å². The summed E-state index contributed by atoms with van der Waals surface area (Å²) >= 11 is 3.23. The predicted molar refractivity (Wildman–Crippen MR) is 88.3 cm³/mol. The zero-order valence-electron chi connectivity index (χ0n) is 12.8. The van der Waals surface area contributed by atoms with E-state index in [2.05, 4.69) is 34.7 Å². The summed E-state index contributed by atoms with van der Waals surface area (Å²) in [6.07, 6.45) is 4.97. The molecule has 0 aromatic heterocycles. The van der Waals surface area contributed by atoms with Crippen LogP contribution in [0.5, 0.6) is 0 Å². The Kier molecular flexibility index (Phi) is 5.38. The van der Waals surface area contributed by atoms with E-state index >= 15 is 0 Å². The van der Waals surface area contributed by atoms with Crippen LogP contribution >= 0.6 is 15.9 Å². The van der Waals surface area contributed by atoms with Crippen molar-refractivity contribution in [2.24, 2.45) is 5.41 Å². The van der Waals surface area contributed by atoms with Crippen LogP contribution in [0.3, 0.4) is 0 Å². The van der Waals surface area contributed by atoms with Crippen LogP contribution in [0.1, 0.15) is 45.1 Å². The van der Waals surface area contributed by atoms with Crippen molar-refractivity contribution in [2.45, 2.75) is 46.1 Å². The molecule has 1 saturated heterocycles. The van der Waals surface area contributed by atoms with Crippen molar-refractivity contribution in [3.63, 3.8) is 0 Å². The summed E-state index contributed by atoms with van der Waals surface area (Å²) < 4.78 is 0.547. The van der Waals surface area contributed by atoms with E-state index in [0.717, 1.165) is 25.2 Å². The fourth-order valence-electron chi connectivity index (χ4n) is 3.20. The van der Waals surface area contributed by atoms with Crippen LogP contribution in [0, 0.1) is 15.5 Å². The number of benzene rings is 1. The Hall–Kier alpha value is -0.940. The molecule has 0 unspecified atom stereocenters. The second kappa shape index (κ2) is 6.88. The molecule has 0 amide bonds. The monoisotopic (exact) mass is 354 g/mol. The molecule has 0 saturated carbocycles. The Bertz CT molecular complexity index is 505. The molecule has 0 atom stereocenters. The molecule has 5 heteroatoms. The van der Waals surface area contributed by atoms with Crippen molar-refractivity contribution in [3.8, 4) is 0 Å². The van der Waals surface area contributed by atoms with Crippen molar-refractivity contribution in [2.75, 3.05) is 13.1 Å². The topological polar surface area (TPSA) is 46.4 Å². The molecule has 1 aromatic rings. The highest BCUT2D eigenvalue weighted by molar-refractivity contribution is 9.10. The predicted octanol–water partition coefficient (Wildman–Crippen LogP) is 4.76. The molecule has 1 aliphatic heterocycles. The zero-order valence-corrected chi connectivity index (χ0v) is 14.4. The van der Waals surface area contributed by atoms with Crippen LogP contribution in [-0.2, 0) is 6.54 Å². The van der Waals surface area contributed by atoms with Crippen LogP contribution in [0.4, 0.5) is 5.69 Å². The van der Waals surface area contributed by atoms with E-state index in [1.165, 1.54) is 25.7 Å². The third-order valence-corrected chi connectivity index (χ3v) is 5.70. The van der Waals surface area contributed by atoms with E-state index < -0.39 is 0 Å².